The smallest absolute Gasteiger partial charge is 0.273 e. The lowest BCUT2D eigenvalue weighted by molar-refractivity contribution is 0.245. The Morgan fingerprint density at radius 3 is 1.96 bits per heavy atom. The van der Waals surface area contributed by atoms with Crippen LogP contribution in [0.25, 0.3) is 0 Å². The standard InChI is InChI=1S/C19H21N3O/c23-18-21(16-10-4-1-5-11-16)19(14-8-3-9-15-19)20-22(18)17-12-6-2-7-13-17/h1-2,4-7,10-13,20H,3,8-9,14-15H2. The molecular formula is C19H21N3O. The molecule has 0 radical (unpaired) electrons. The SMILES string of the molecule is O=C1N(c2ccccc2)NC2(CCCCC2)N1c1ccccc1. The van der Waals surface area contributed by atoms with Crippen LogP contribution in [0.2, 0.25) is 0 Å². The molecule has 1 N–H and O–H groups in total. The van der Waals surface area contributed by atoms with Crippen LogP contribution in [0.4, 0.5) is 16.2 Å². The van der Waals surface area contributed by atoms with Crippen LogP contribution < -0.4 is 15.3 Å². The lowest BCUT2D eigenvalue weighted by Crippen LogP contribution is -2.54. The average molecular weight is 307 g/mol. The number of rotatable bonds is 2. The monoisotopic (exact) mass is 307 g/mol. The summed E-state index contributed by atoms with van der Waals surface area (Å²) in [5.41, 5.74) is 5.08. The molecule has 1 spiro atoms. The third-order valence-corrected chi connectivity index (χ3v) is 4.84. The van der Waals surface area contributed by atoms with Crippen molar-refractivity contribution in [3.8, 4) is 0 Å². The summed E-state index contributed by atoms with van der Waals surface area (Å²) in [7, 11) is 0. The zero-order valence-electron chi connectivity index (χ0n) is 13.1. The Kier molecular flexibility index (Phi) is 3.54. The van der Waals surface area contributed by atoms with Gasteiger partial charge >= 0.3 is 6.03 Å². The van der Waals surface area contributed by atoms with Gasteiger partial charge in [-0.15, -0.1) is 0 Å². The summed E-state index contributed by atoms with van der Waals surface area (Å²) in [6, 6.07) is 19.8. The first kappa shape index (κ1) is 14.3. The molecule has 1 saturated carbocycles. The van der Waals surface area contributed by atoms with E-state index in [-0.39, 0.29) is 11.7 Å². The lowest BCUT2D eigenvalue weighted by Gasteiger charge is -2.39. The largest absolute Gasteiger partial charge is 0.345 e. The number of hydrogen-bond donors (Lipinski definition) is 1. The second-order valence-corrected chi connectivity index (χ2v) is 6.33. The Morgan fingerprint density at radius 1 is 0.783 bits per heavy atom. The van der Waals surface area contributed by atoms with Crippen LogP contribution in [-0.2, 0) is 0 Å². The van der Waals surface area contributed by atoms with Gasteiger partial charge in [0.2, 0.25) is 0 Å². The van der Waals surface area contributed by atoms with Gasteiger partial charge in [0, 0.05) is 5.69 Å². The van der Waals surface area contributed by atoms with Crippen molar-refractivity contribution in [3.63, 3.8) is 0 Å². The lowest BCUT2D eigenvalue weighted by atomic mass is 9.88. The van der Waals surface area contributed by atoms with E-state index < -0.39 is 0 Å². The maximum absolute atomic E-state index is 13.2. The Bertz CT molecular complexity index is 680. The molecule has 4 rings (SSSR count). The van der Waals surface area contributed by atoms with E-state index in [9.17, 15) is 4.79 Å². The van der Waals surface area contributed by atoms with E-state index >= 15 is 0 Å². The Morgan fingerprint density at radius 2 is 1.35 bits per heavy atom. The van der Waals surface area contributed by atoms with Gasteiger partial charge in [-0.1, -0.05) is 42.8 Å². The Balaban J connectivity index is 1.76. The van der Waals surface area contributed by atoms with Gasteiger partial charge in [0.05, 0.1) is 5.69 Å². The number of anilines is 2. The molecule has 23 heavy (non-hydrogen) atoms. The van der Waals surface area contributed by atoms with Crippen molar-refractivity contribution in [1.82, 2.24) is 5.43 Å². The molecule has 1 aliphatic heterocycles. The van der Waals surface area contributed by atoms with E-state index in [1.165, 1.54) is 6.42 Å². The fourth-order valence-electron chi connectivity index (χ4n) is 3.75. The molecule has 1 saturated heterocycles. The highest BCUT2D eigenvalue weighted by molar-refractivity contribution is 6.06. The van der Waals surface area contributed by atoms with E-state index in [1.54, 1.807) is 5.01 Å². The van der Waals surface area contributed by atoms with Crippen molar-refractivity contribution in [2.24, 2.45) is 0 Å². The summed E-state index contributed by atoms with van der Waals surface area (Å²) < 4.78 is 0. The Labute approximate surface area is 136 Å². The molecule has 1 aliphatic carbocycles. The zero-order chi connectivity index (χ0) is 15.7. The van der Waals surface area contributed by atoms with Crippen LogP contribution in [-0.4, -0.2) is 11.7 Å². The highest BCUT2D eigenvalue weighted by atomic mass is 16.2. The fourth-order valence-corrected chi connectivity index (χ4v) is 3.75. The third kappa shape index (κ3) is 2.39. The van der Waals surface area contributed by atoms with Crippen LogP contribution >= 0.6 is 0 Å². The molecule has 0 unspecified atom stereocenters. The number of carbonyl (C=O) groups is 1. The minimum atomic E-state index is -0.299. The van der Waals surface area contributed by atoms with Gasteiger partial charge in [0.15, 0.2) is 0 Å². The number of amides is 2. The molecule has 1 heterocycles. The van der Waals surface area contributed by atoms with Crippen molar-refractivity contribution in [3.05, 3.63) is 60.7 Å². The second kappa shape index (κ2) is 5.70. The highest BCUT2D eigenvalue weighted by Gasteiger charge is 2.50. The van der Waals surface area contributed by atoms with Gasteiger partial charge in [-0.25, -0.2) is 9.80 Å². The molecule has 0 bridgehead atoms. The number of benzene rings is 2. The molecule has 2 fully saturated rings. The molecule has 4 heteroatoms. The molecule has 2 aromatic carbocycles. The van der Waals surface area contributed by atoms with Crippen LogP contribution in [0.15, 0.2) is 60.7 Å². The molecule has 2 aromatic rings. The van der Waals surface area contributed by atoms with Crippen molar-refractivity contribution < 1.29 is 4.79 Å². The summed E-state index contributed by atoms with van der Waals surface area (Å²) in [6.07, 6.45) is 5.50. The molecule has 2 amide bonds. The fraction of sp³-hybridized carbons (Fsp3) is 0.316. The number of carbonyl (C=O) groups excluding carboxylic acids is 1. The quantitative estimate of drug-likeness (QED) is 0.898. The van der Waals surface area contributed by atoms with E-state index in [2.05, 4.69) is 5.43 Å². The number of para-hydroxylation sites is 2. The number of nitrogens with one attached hydrogen (secondary N) is 1. The van der Waals surface area contributed by atoms with Crippen molar-refractivity contribution >= 4 is 17.4 Å². The average Bonchev–Trinajstić information content (AvgIpc) is 2.89. The van der Waals surface area contributed by atoms with E-state index in [1.807, 2.05) is 65.6 Å². The van der Waals surface area contributed by atoms with E-state index in [0.717, 1.165) is 37.1 Å². The molecule has 2 aliphatic rings. The minimum Gasteiger partial charge on any atom is -0.273 e. The summed E-state index contributed by atoms with van der Waals surface area (Å²) in [6.45, 7) is 0. The summed E-state index contributed by atoms with van der Waals surface area (Å²) in [4.78, 5) is 15.1. The summed E-state index contributed by atoms with van der Waals surface area (Å²) in [5.74, 6) is 0. The van der Waals surface area contributed by atoms with E-state index in [4.69, 9.17) is 0 Å². The summed E-state index contributed by atoms with van der Waals surface area (Å²) in [5, 5.41) is 1.71. The van der Waals surface area contributed by atoms with Crippen LogP contribution in [0, 0.1) is 0 Å². The number of urea groups is 1. The predicted molar refractivity (Wildman–Crippen MR) is 92.2 cm³/mol. The Hall–Kier alpha value is -2.33. The summed E-state index contributed by atoms with van der Waals surface area (Å²) >= 11 is 0. The number of hydrazine groups is 1. The molecular weight excluding hydrogens is 286 g/mol. The van der Waals surface area contributed by atoms with Gasteiger partial charge in [-0.2, -0.15) is 5.43 Å². The third-order valence-electron chi connectivity index (χ3n) is 4.84. The molecule has 4 nitrogen and oxygen atoms in total. The molecule has 0 atom stereocenters. The van der Waals surface area contributed by atoms with Gasteiger partial charge in [0.1, 0.15) is 5.66 Å². The first-order valence-electron chi connectivity index (χ1n) is 8.32. The molecule has 0 aromatic heterocycles. The normalized spacial score (nSPS) is 20.3. The first-order valence-corrected chi connectivity index (χ1v) is 8.32. The second-order valence-electron chi connectivity index (χ2n) is 6.33. The maximum atomic E-state index is 13.2. The van der Waals surface area contributed by atoms with Crippen molar-refractivity contribution in [2.45, 2.75) is 37.8 Å². The van der Waals surface area contributed by atoms with E-state index in [0.29, 0.717) is 0 Å². The molecule has 118 valence electrons. The van der Waals surface area contributed by atoms with Gasteiger partial charge in [-0.3, -0.25) is 4.90 Å². The van der Waals surface area contributed by atoms with Gasteiger partial charge < -0.3 is 0 Å². The zero-order valence-corrected chi connectivity index (χ0v) is 13.1. The van der Waals surface area contributed by atoms with Crippen molar-refractivity contribution in [2.75, 3.05) is 9.91 Å². The predicted octanol–water partition coefficient (Wildman–Crippen LogP) is 4.30. The number of nitrogens with zero attached hydrogens (tertiary/aromatic N) is 2. The minimum absolute atomic E-state index is 0.00398. The van der Waals surface area contributed by atoms with Crippen LogP contribution in [0.1, 0.15) is 32.1 Å². The first-order chi connectivity index (χ1) is 11.3. The van der Waals surface area contributed by atoms with Crippen molar-refractivity contribution in [1.29, 1.82) is 0 Å². The van der Waals surface area contributed by atoms with Crippen LogP contribution in [0.5, 0.6) is 0 Å². The highest BCUT2D eigenvalue weighted by Crippen LogP contribution is 2.40. The number of hydrogen-bond acceptors (Lipinski definition) is 2. The topological polar surface area (TPSA) is 35.6 Å². The van der Waals surface area contributed by atoms with Crippen LogP contribution in [0.3, 0.4) is 0 Å². The maximum Gasteiger partial charge on any atom is 0.345 e. The van der Waals surface area contributed by atoms with Gasteiger partial charge in [-0.05, 0) is 49.9 Å². The van der Waals surface area contributed by atoms with Gasteiger partial charge in [0.25, 0.3) is 0 Å².